The number of rotatable bonds is 3. The predicted molar refractivity (Wildman–Crippen MR) is 83.7 cm³/mol. The first-order valence-corrected chi connectivity index (χ1v) is 8.90. The van der Waals surface area contributed by atoms with Crippen LogP contribution in [0.3, 0.4) is 0 Å². The maximum atomic E-state index is 12.6. The van der Waals surface area contributed by atoms with Gasteiger partial charge >= 0.3 is 0 Å². The third kappa shape index (κ3) is 3.65. The molecule has 0 amide bonds. The van der Waals surface area contributed by atoms with Gasteiger partial charge in [-0.3, -0.25) is 0 Å². The zero-order valence-electron chi connectivity index (χ0n) is 13.0. The molecule has 2 rings (SSSR count). The van der Waals surface area contributed by atoms with Gasteiger partial charge in [0.2, 0.25) is 10.0 Å². The SMILES string of the molecule is CC(C)(C)c1ccc(S(=O)(=O)N2CCC(CO)CC2)cc1. The smallest absolute Gasteiger partial charge is 0.243 e. The van der Waals surface area contributed by atoms with E-state index in [1.165, 1.54) is 4.31 Å². The van der Waals surface area contributed by atoms with Gasteiger partial charge in [-0.15, -0.1) is 0 Å². The first-order valence-electron chi connectivity index (χ1n) is 7.46. The van der Waals surface area contributed by atoms with Crippen molar-refractivity contribution in [3.8, 4) is 0 Å². The summed E-state index contributed by atoms with van der Waals surface area (Å²) in [5.41, 5.74) is 1.14. The molecule has 1 aromatic rings. The van der Waals surface area contributed by atoms with Crippen molar-refractivity contribution in [2.75, 3.05) is 19.7 Å². The average Bonchev–Trinajstić information content (AvgIpc) is 2.46. The van der Waals surface area contributed by atoms with Gasteiger partial charge < -0.3 is 5.11 Å². The van der Waals surface area contributed by atoms with E-state index < -0.39 is 10.0 Å². The summed E-state index contributed by atoms with van der Waals surface area (Å²) in [5, 5.41) is 9.14. The summed E-state index contributed by atoms with van der Waals surface area (Å²) in [6.07, 6.45) is 1.46. The summed E-state index contributed by atoms with van der Waals surface area (Å²) in [6.45, 7) is 7.46. The number of benzene rings is 1. The van der Waals surface area contributed by atoms with Gasteiger partial charge in [0, 0.05) is 19.7 Å². The molecule has 0 aliphatic carbocycles. The van der Waals surface area contributed by atoms with Gasteiger partial charge in [0.25, 0.3) is 0 Å². The molecule has 1 aliphatic heterocycles. The molecule has 0 atom stereocenters. The monoisotopic (exact) mass is 311 g/mol. The Labute approximate surface area is 127 Å². The third-order valence-electron chi connectivity index (χ3n) is 4.19. The van der Waals surface area contributed by atoms with Crippen LogP contribution in [0.4, 0.5) is 0 Å². The van der Waals surface area contributed by atoms with Crippen LogP contribution in [-0.4, -0.2) is 37.5 Å². The fourth-order valence-electron chi connectivity index (χ4n) is 2.61. The second kappa shape index (κ2) is 6.07. The highest BCUT2D eigenvalue weighted by atomic mass is 32.2. The Morgan fingerprint density at radius 2 is 1.67 bits per heavy atom. The van der Waals surface area contributed by atoms with Crippen LogP contribution in [0.25, 0.3) is 0 Å². The number of hydrogen-bond donors (Lipinski definition) is 1. The lowest BCUT2D eigenvalue weighted by molar-refractivity contribution is 0.170. The van der Waals surface area contributed by atoms with Crippen molar-refractivity contribution in [1.82, 2.24) is 4.31 Å². The molecular weight excluding hydrogens is 286 g/mol. The Kier molecular flexibility index (Phi) is 4.76. The van der Waals surface area contributed by atoms with Gasteiger partial charge in [0.15, 0.2) is 0 Å². The van der Waals surface area contributed by atoms with Crippen LogP contribution in [0.2, 0.25) is 0 Å². The molecule has 1 aromatic carbocycles. The van der Waals surface area contributed by atoms with Crippen LogP contribution in [0.15, 0.2) is 29.2 Å². The molecule has 0 unspecified atom stereocenters. The first kappa shape index (κ1) is 16.5. The van der Waals surface area contributed by atoms with Crippen molar-refractivity contribution < 1.29 is 13.5 Å². The second-order valence-electron chi connectivity index (χ2n) is 6.80. The Hall–Kier alpha value is -0.910. The molecule has 0 saturated carbocycles. The lowest BCUT2D eigenvalue weighted by Crippen LogP contribution is -2.39. The number of nitrogens with zero attached hydrogens (tertiary/aromatic N) is 1. The largest absolute Gasteiger partial charge is 0.396 e. The molecule has 0 bridgehead atoms. The molecule has 1 aliphatic rings. The summed E-state index contributed by atoms with van der Waals surface area (Å²) in [5.74, 6) is 0.236. The zero-order valence-corrected chi connectivity index (χ0v) is 13.9. The molecule has 0 spiro atoms. The second-order valence-corrected chi connectivity index (χ2v) is 8.74. The third-order valence-corrected chi connectivity index (χ3v) is 6.10. The van der Waals surface area contributed by atoms with Crippen LogP contribution in [0.1, 0.15) is 39.2 Å². The molecule has 4 nitrogen and oxygen atoms in total. The maximum absolute atomic E-state index is 12.6. The van der Waals surface area contributed by atoms with Gasteiger partial charge in [0.1, 0.15) is 0 Å². The molecule has 0 aromatic heterocycles. The van der Waals surface area contributed by atoms with Crippen LogP contribution >= 0.6 is 0 Å². The Morgan fingerprint density at radius 1 is 1.14 bits per heavy atom. The van der Waals surface area contributed by atoms with E-state index in [1.54, 1.807) is 12.1 Å². The number of sulfonamides is 1. The number of aliphatic hydroxyl groups is 1. The Morgan fingerprint density at radius 3 is 2.10 bits per heavy atom. The Bertz CT molecular complexity index is 565. The quantitative estimate of drug-likeness (QED) is 0.932. The highest BCUT2D eigenvalue weighted by Crippen LogP contribution is 2.26. The lowest BCUT2D eigenvalue weighted by Gasteiger charge is -2.30. The normalized spacial score (nSPS) is 18.9. The highest BCUT2D eigenvalue weighted by molar-refractivity contribution is 7.89. The molecule has 0 radical (unpaired) electrons. The predicted octanol–water partition coefficient (Wildman–Crippen LogP) is 2.38. The van der Waals surface area contributed by atoms with Crippen molar-refractivity contribution >= 4 is 10.0 Å². The summed E-state index contributed by atoms with van der Waals surface area (Å²) in [7, 11) is -3.40. The van der Waals surface area contributed by atoms with Crippen molar-refractivity contribution in [3.05, 3.63) is 29.8 Å². The molecule has 21 heavy (non-hydrogen) atoms. The fraction of sp³-hybridized carbons (Fsp3) is 0.625. The number of aliphatic hydroxyl groups excluding tert-OH is 1. The molecule has 5 heteroatoms. The van der Waals surface area contributed by atoms with Crippen molar-refractivity contribution in [2.45, 2.75) is 43.9 Å². The van der Waals surface area contributed by atoms with E-state index in [-0.39, 0.29) is 17.9 Å². The molecule has 1 N–H and O–H groups in total. The van der Waals surface area contributed by atoms with Gasteiger partial charge in [-0.2, -0.15) is 4.31 Å². The van der Waals surface area contributed by atoms with Gasteiger partial charge in [-0.25, -0.2) is 8.42 Å². The van der Waals surface area contributed by atoms with E-state index in [1.807, 2.05) is 12.1 Å². The molecule has 1 heterocycles. The minimum Gasteiger partial charge on any atom is -0.396 e. The topological polar surface area (TPSA) is 57.6 Å². The van der Waals surface area contributed by atoms with Crippen LogP contribution in [0, 0.1) is 5.92 Å². The molecule has 1 saturated heterocycles. The summed E-state index contributed by atoms with van der Waals surface area (Å²) >= 11 is 0. The van der Waals surface area contributed by atoms with Crippen molar-refractivity contribution in [2.24, 2.45) is 5.92 Å². The van der Waals surface area contributed by atoms with Crippen LogP contribution < -0.4 is 0 Å². The fourth-order valence-corrected chi connectivity index (χ4v) is 4.08. The van der Waals surface area contributed by atoms with E-state index >= 15 is 0 Å². The molecule has 118 valence electrons. The van der Waals surface area contributed by atoms with E-state index in [0.717, 1.165) is 18.4 Å². The van der Waals surface area contributed by atoms with E-state index in [0.29, 0.717) is 18.0 Å². The van der Waals surface area contributed by atoms with Crippen molar-refractivity contribution in [3.63, 3.8) is 0 Å². The number of hydrogen-bond acceptors (Lipinski definition) is 3. The summed E-state index contributed by atoms with van der Waals surface area (Å²) in [4.78, 5) is 0.359. The van der Waals surface area contributed by atoms with Crippen molar-refractivity contribution in [1.29, 1.82) is 0 Å². The summed E-state index contributed by atoms with van der Waals surface area (Å²) < 4.78 is 26.7. The van der Waals surface area contributed by atoms with Crippen LogP contribution in [0.5, 0.6) is 0 Å². The van der Waals surface area contributed by atoms with E-state index in [9.17, 15) is 8.42 Å². The van der Waals surface area contributed by atoms with Gasteiger partial charge in [0.05, 0.1) is 4.90 Å². The lowest BCUT2D eigenvalue weighted by atomic mass is 9.87. The molecular formula is C16H25NO3S. The minimum absolute atomic E-state index is 0.0156. The van der Waals surface area contributed by atoms with Crippen LogP contribution in [-0.2, 0) is 15.4 Å². The minimum atomic E-state index is -3.40. The maximum Gasteiger partial charge on any atom is 0.243 e. The first-order chi connectivity index (χ1) is 9.75. The van der Waals surface area contributed by atoms with Gasteiger partial charge in [-0.05, 0) is 41.9 Å². The average molecular weight is 311 g/mol. The standard InChI is InChI=1S/C16H25NO3S/c1-16(2,3)14-4-6-15(7-5-14)21(19,20)17-10-8-13(12-18)9-11-17/h4-7,13,18H,8-12H2,1-3H3. The van der Waals surface area contributed by atoms with E-state index in [4.69, 9.17) is 5.11 Å². The summed E-state index contributed by atoms with van der Waals surface area (Å²) in [6, 6.07) is 7.20. The Balaban J connectivity index is 2.17. The number of piperidine rings is 1. The molecule has 1 fully saturated rings. The van der Waals surface area contributed by atoms with Gasteiger partial charge in [-0.1, -0.05) is 32.9 Å². The zero-order chi connectivity index (χ0) is 15.7. The van der Waals surface area contributed by atoms with E-state index in [2.05, 4.69) is 20.8 Å². The highest BCUT2D eigenvalue weighted by Gasteiger charge is 2.29.